The minimum Gasteiger partial charge on any atom is -0.495 e. The minimum atomic E-state index is -0.00162. The lowest BCUT2D eigenvalue weighted by Gasteiger charge is -2.33. The van der Waals surface area contributed by atoms with Gasteiger partial charge in [0.15, 0.2) is 0 Å². The Morgan fingerprint density at radius 2 is 2.32 bits per heavy atom. The standard InChI is InChI=1S/C14H21N3O2/c1-11-9-15-7-8-17(11)10-14(18)16-12-5-3-4-6-13(12)19-2/h3-6,11,15H,7-10H2,1-2H3,(H,16,18). The van der Waals surface area contributed by atoms with Gasteiger partial charge < -0.3 is 15.4 Å². The maximum Gasteiger partial charge on any atom is 0.238 e. The molecule has 1 unspecified atom stereocenters. The van der Waals surface area contributed by atoms with Gasteiger partial charge in [-0.2, -0.15) is 0 Å². The number of carbonyl (C=O) groups excluding carboxylic acids is 1. The molecule has 0 saturated carbocycles. The SMILES string of the molecule is COc1ccccc1NC(=O)CN1CCNCC1C. The third-order valence-electron chi connectivity index (χ3n) is 3.37. The van der Waals surface area contributed by atoms with Gasteiger partial charge in [-0.25, -0.2) is 0 Å². The van der Waals surface area contributed by atoms with E-state index < -0.39 is 0 Å². The lowest BCUT2D eigenvalue weighted by Crippen LogP contribution is -2.51. The fourth-order valence-electron chi connectivity index (χ4n) is 2.24. The third kappa shape index (κ3) is 3.68. The number of para-hydroxylation sites is 2. The van der Waals surface area contributed by atoms with E-state index in [0.29, 0.717) is 18.3 Å². The quantitative estimate of drug-likeness (QED) is 0.848. The zero-order valence-corrected chi connectivity index (χ0v) is 11.5. The number of benzene rings is 1. The highest BCUT2D eigenvalue weighted by Crippen LogP contribution is 2.22. The Bertz CT molecular complexity index is 436. The number of rotatable bonds is 4. The first kappa shape index (κ1) is 13.8. The van der Waals surface area contributed by atoms with Crippen molar-refractivity contribution in [3.8, 4) is 5.75 Å². The zero-order valence-electron chi connectivity index (χ0n) is 11.5. The number of hydrogen-bond acceptors (Lipinski definition) is 4. The highest BCUT2D eigenvalue weighted by Gasteiger charge is 2.20. The van der Waals surface area contributed by atoms with Crippen molar-refractivity contribution in [2.45, 2.75) is 13.0 Å². The number of nitrogens with zero attached hydrogens (tertiary/aromatic N) is 1. The molecule has 0 spiro atoms. The number of anilines is 1. The first-order valence-corrected chi connectivity index (χ1v) is 6.58. The van der Waals surface area contributed by atoms with E-state index in [9.17, 15) is 4.79 Å². The van der Waals surface area contributed by atoms with Crippen molar-refractivity contribution in [2.24, 2.45) is 0 Å². The molecule has 2 rings (SSSR count). The predicted octanol–water partition coefficient (Wildman–Crippen LogP) is 0.927. The zero-order chi connectivity index (χ0) is 13.7. The van der Waals surface area contributed by atoms with Crippen molar-refractivity contribution in [1.82, 2.24) is 10.2 Å². The van der Waals surface area contributed by atoms with Gasteiger partial charge in [0, 0.05) is 25.7 Å². The summed E-state index contributed by atoms with van der Waals surface area (Å²) in [5.41, 5.74) is 0.720. The number of ether oxygens (including phenoxy) is 1. The molecule has 0 radical (unpaired) electrons. The second kappa shape index (κ2) is 6.54. The van der Waals surface area contributed by atoms with Crippen LogP contribution in [0.4, 0.5) is 5.69 Å². The van der Waals surface area contributed by atoms with Crippen LogP contribution in [0, 0.1) is 0 Å². The van der Waals surface area contributed by atoms with E-state index in [4.69, 9.17) is 4.74 Å². The van der Waals surface area contributed by atoms with E-state index in [-0.39, 0.29) is 5.91 Å². The Balaban J connectivity index is 1.93. The van der Waals surface area contributed by atoms with Crippen LogP contribution < -0.4 is 15.4 Å². The van der Waals surface area contributed by atoms with E-state index in [1.54, 1.807) is 7.11 Å². The molecule has 1 saturated heterocycles. The van der Waals surface area contributed by atoms with Crippen LogP contribution in [0.25, 0.3) is 0 Å². The molecule has 5 heteroatoms. The van der Waals surface area contributed by atoms with E-state index in [2.05, 4.69) is 22.5 Å². The lowest BCUT2D eigenvalue weighted by molar-refractivity contribution is -0.118. The van der Waals surface area contributed by atoms with Crippen molar-refractivity contribution < 1.29 is 9.53 Å². The molecule has 19 heavy (non-hydrogen) atoms. The second-order valence-electron chi connectivity index (χ2n) is 4.77. The Labute approximate surface area is 113 Å². The largest absolute Gasteiger partial charge is 0.495 e. The van der Waals surface area contributed by atoms with Gasteiger partial charge >= 0.3 is 0 Å². The Morgan fingerprint density at radius 3 is 3.05 bits per heavy atom. The average molecular weight is 263 g/mol. The van der Waals surface area contributed by atoms with E-state index in [1.807, 2.05) is 24.3 Å². The van der Waals surface area contributed by atoms with Gasteiger partial charge in [-0.3, -0.25) is 9.69 Å². The molecule has 1 aliphatic rings. The van der Waals surface area contributed by atoms with Crippen LogP contribution in [0.1, 0.15) is 6.92 Å². The monoisotopic (exact) mass is 263 g/mol. The Kier molecular flexibility index (Phi) is 4.76. The fourth-order valence-corrected chi connectivity index (χ4v) is 2.24. The highest BCUT2D eigenvalue weighted by atomic mass is 16.5. The van der Waals surface area contributed by atoms with E-state index in [0.717, 1.165) is 25.3 Å². The van der Waals surface area contributed by atoms with Crippen molar-refractivity contribution in [2.75, 3.05) is 38.6 Å². The highest BCUT2D eigenvalue weighted by molar-refractivity contribution is 5.93. The number of piperazine rings is 1. The first-order chi connectivity index (χ1) is 9.20. The summed E-state index contributed by atoms with van der Waals surface area (Å²) in [7, 11) is 1.60. The molecule has 104 valence electrons. The van der Waals surface area contributed by atoms with Crippen LogP contribution in [0.5, 0.6) is 5.75 Å². The molecular weight excluding hydrogens is 242 g/mol. The van der Waals surface area contributed by atoms with Crippen LogP contribution in [0.3, 0.4) is 0 Å². The summed E-state index contributed by atoms with van der Waals surface area (Å²) >= 11 is 0. The van der Waals surface area contributed by atoms with Gasteiger partial charge in [-0.1, -0.05) is 12.1 Å². The topological polar surface area (TPSA) is 53.6 Å². The number of nitrogens with one attached hydrogen (secondary N) is 2. The van der Waals surface area contributed by atoms with Crippen LogP contribution in [-0.2, 0) is 4.79 Å². The number of hydrogen-bond donors (Lipinski definition) is 2. The van der Waals surface area contributed by atoms with Gasteiger partial charge in [0.25, 0.3) is 0 Å². The van der Waals surface area contributed by atoms with Crippen LogP contribution in [-0.4, -0.2) is 50.1 Å². The summed E-state index contributed by atoms with van der Waals surface area (Å²) in [6.45, 7) is 5.32. The number of amides is 1. The molecule has 0 aliphatic carbocycles. The summed E-state index contributed by atoms with van der Waals surface area (Å²) < 4.78 is 5.22. The summed E-state index contributed by atoms with van der Waals surface area (Å²) in [5, 5.41) is 6.22. The van der Waals surface area contributed by atoms with Crippen molar-refractivity contribution >= 4 is 11.6 Å². The van der Waals surface area contributed by atoms with Gasteiger partial charge in [0.05, 0.1) is 19.3 Å². The van der Waals surface area contributed by atoms with E-state index >= 15 is 0 Å². The summed E-state index contributed by atoms with van der Waals surface area (Å²) in [4.78, 5) is 14.2. The molecule has 1 aromatic carbocycles. The van der Waals surface area contributed by atoms with Crippen molar-refractivity contribution in [1.29, 1.82) is 0 Å². The molecule has 5 nitrogen and oxygen atoms in total. The third-order valence-corrected chi connectivity index (χ3v) is 3.37. The maximum atomic E-state index is 12.1. The van der Waals surface area contributed by atoms with Crippen molar-refractivity contribution in [3.05, 3.63) is 24.3 Å². The summed E-state index contributed by atoms with van der Waals surface area (Å²) in [6, 6.07) is 7.83. The average Bonchev–Trinajstić information content (AvgIpc) is 2.42. The van der Waals surface area contributed by atoms with Crippen LogP contribution >= 0.6 is 0 Å². The first-order valence-electron chi connectivity index (χ1n) is 6.58. The molecule has 1 fully saturated rings. The fraction of sp³-hybridized carbons (Fsp3) is 0.500. The molecule has 1 aliphatic heterocycles. The van der Waals surface area contributed by atoms with Gasteiger partial charge in [0.1, 0.15) is 5.75 Å². The van der Waals surface area contributed by atoms with E-state index in [1.165, 1.54) is 0 Å². The van der Waals surface area contributed by atoms with Gasteiger partial charge in [-0.05, 0) is 19.1 Å². The molecule has 1 atom stereocenters. The molecule has 1 aromatic rings. The number of methoxy groups -OCH3 is 1. The normalized spacial score (nSPS) is 20.0. The maximum absolute atomic E-state index is 12.1. The molecule has 0 bridgehead atoms. The van der Waals surface area contributed by atoms with Gasteiger partial charge in [0.2, 0.25) is 5.91 Å². The Morgan fingerprint density at radius 1 is 1.53 bits per heavy atom. The Hall–Kier alpha value is -1.59. The summed E-state index contributed by atoms with van der Waals surface area (Å²) in [6.07, 6.45) is 0. The minimum absolute atomic E-state index is 0.00162. The lowest BCUT2D eigenvalue weighted by atomic mass is 10.2. The molecule has 0 aromatic heterocycles. The summed E-state index contributed by atoms with van der Waals surface area (Å²) in [5.74, 6) is 0.683. The molecule has 1 heterocycles. The second-order valence-corrected chi connectivity index (χ2v) is 4.77. The number of carbonyl (C=O) groups is 1. The predicted molar refractivity (Wildman–Crippen MR) is 75.5 cm³/mol. The van der Waals surface area contributed by atoms with Crippen LogP contribution in [0.15, 0.2) is 24.3 Å². The van der Waals surface area contributed by atoms with Crippen LogP contribution in [0.2, 0.25) is 0 Å². The van der Waals surface area contributed by atoms with Crippen molar-refractivity contribution in [3.63, 3.8) is 0 Å². The smallest absolute Gasteiger partial charge is 0.238 e. The molecule has 1 amide bonds. The van der Waals surface area contributed by atoms with Gasteiger partial charge in [-0.15, -0.1) is 0 Å². The molecular formula is C14H21N3O2. The molecule has 2 N–H and O–H groups in total.